The second kappa shape index (κ2) is 5.97. The molecule has 22 heavy (non-hydrogen) atoms. The first-order valence-electron chi connectivity index (χ1n) is 7.06. The van der Waals surface area contributed by atoms with Crippen molar-refractivity contribution in [2.75, 3.05) is 6.61 Å². The van der Waals surface area contributed by atoms with Crippen LogP contribution in [0.1, 0.15) is 28.4 Å². The number of carbonyl (C=O) groups excluding carboxylic acids is 1. The third kappa shape index (κ3) is 2.66. The quantitative estimate of drug-likeness (QED) is 0.741. The maximum atomic E-state index is 12.5. The fraction of sp³-hybridized carbons (Fsp3) is 0.167. The van der Waals surface area contributed by atoms with Crippen LogP contribution in [0.15, 0.2) is 46.6 Å². The first kappa shape index (κ1) is 14.9. The number of ether oxygens (including phenoxy) is 2. The summed E-state index contributed by atoms with van der Waals surface area (Å²) in [6.07, 6.45) is 1.76. The zero-order valence-corrected chi connectivity index (χ0v) is 13.9. The molecule has 3 rings (SSSR count). The first-order chi connectivity index (χ1) is 10.6. The molecule has 1 heterocycles. The zero-order valence-electron chi connectivity index (χ0n) is 12.4. The van der Waals surface area contributed by atoms with Gasteiger partial charge in [-0.3, -0.25) is 4.79 Å². The third-order valence-corrected chi connectivity index (χ3v) is 3.98. The lowest BCUT2D eigenvalue weighted by molar-refractivity contribution is 0.101. The molecule has 2 aromatic carbocycles. The average Bonchev–Trinajstić information content (AvgIpc) is 2.80. The SMILES string of the molecule is CCOc1ccc2c(c1C)O/C(=C\c1cccc(Br)c1)C2=O. The summed E-state index contributed by atoms with van der Waals surface area (Å²) in [5.74, 6) is 1.58. The van der Waals surface area contributed by atoms with E-state index in [1.165, 1.54) is 0 Å². The van der Waals surface area contributed by atoms with Crippen molar-refractivity contribution in [2.24, 2.45) is 0 Å². The van der Waals surface area contributed by atoms with E-state index in [1.54, 1.807) is 12.1 Å². The van der Waals surface area contributed by atoms with E-state index in [9.17, 15) is 4.79 Å². The van der Waals surface area contributed by atoms with Gasteiger partial charge >= 0.3 is 0 Å². The van der Waals surface area contributed by atoms with Crippen molar-refractivity contribution < 1.29 is 14.3 Å². The van der Waals surface area contributed by atoms with Gasteiger partial charge in [-0.2, -0.15) is 0 Å². The molecule has 0 N–H and O–H groups in total. The van der Waals surface area contributed by atoms with Crippen LogP contribution in [0.3, 0.4) is 0 Å². The summed E-state index contributed by atoms with van der Waals surface area (Å²) < 4.78 is 12.3. The Labute approximate surface area is 137 Å². The van der Waals surface area contributed by atoms with Crippen LogP contribution in [-0.4, -0.2) is 12.4 Å². The van der Waals surface area contributed by atoms with E-state index in [1.807, 2.05) is 44.2 Å². The van der Waals surface area contributed by atoms with Crippen LogP contribution in [0.5, 0.6) is 11.5 Å². The summed E-state index contributed by atoms with van der Waals surface area (Å²) in [7, 11) is 0. The van der Waals surface area contributed by atoms with Gasteiger partial charge in [0.2, 0.25) is 5.78 Å². The zero-order chi connectivity index (χ0) is 15.7. The third-order valence-electron chi connectivity index (χ3n) is 3.48. The van der Waals surface area contributed by atoms with Crippen molar-refractivity contribution in [3.05, 3.63) is 63.3 Å². The number of hydrogen-bond donors (Lipinski definition) is 0. The molecular formula is C18H15BrO3. The van der Waals surface area contributed by atoms with Gasteiger partial charge in [-0.1, -0.05) is 28.1 Å². The van der Waals surface area contributed by atoms with Crippen molar-refractivity contribution >= 4 is 27.8 Å². The van der Waals surface area contributed by atoms with Crippen LogP contribution < -0.4 is 9.47 Å². The van der Waals surface area contributed by atoms with Crippen LogP contribution in [0.2, 0.25) is 0 Å². The number of carbonyl (C=O) groups is 1. The first-order valence-corrected chi connectivity index (χ1v) is 7.85. The summed E-state index contributed by atoms with van der Waals surface area (Å²) in [5.41, 5.74) is 2.35. The summed E-state index contributed by atoms with van der Waals surface area (Å²) in [5, 5.41) is 0. The topological polar surface area (TPSA) is 35.5 Å². The number of ketones is 1. The Balaban J connectivity index is 1.99. The molecule has 0 spiro atoms. The Hall–Kier alpha value is -2.07. The standard InChI is InChI=1S/C18H15BrO3/c1-3-21-15-8-7-14-17(20)16(22-18(14)11(15)2)10-12-5-4-6-13(19)9-12/h4-10H,3H2,1-2H3/b16-10-. The van der Waals surface area contributed by atoms with Gasteiger partial charge in [-0.05, 0) is 49.8 Å². The number of benzene rings is 2. The molecule has 3 nitrogen and oxygen atoms in total. The Morgan fingerprint density at radius 1 is 1.27 bits per heavy atom. The highest BCUT2D eigenvalue weighted by Gasteiger charge is 2.30. The lowest BCUT2D eigenvalue weighted by atomic mass is 10.1. The molecule has 0 fully saturated rings. The molecule has 4 heteroatoms. The number of allylic oxidation sites excluding steroid dienone is 1. The van der Waals surface area contributed by atoms with E-state index in [2.05, 4.69) is 15.9 Å². The van der Waals surface area contributed by atoms with Crippen LogP contribution in [0.25, 0.3) is 6.08 Å². The highest BCUT2D eigenvalue weighted by molar-refractivity contribution is 9.10. The number of rotatable bonds is 3. The molecular weight excluding hydrogens is 344 g/mol. The molecule has 1 aliphatic rings. The van der Waals surface area contributed by atoms with E-state index in [0.29, 0.717) is 23.7 Å². The van der Waals surface area contributed by atoms with Gasteiger partial charge in [0.15, 0.2) is 5.76 Å². The Morgan fingerprint density at radius 3 is 2.82 bits per heavy atom. The molecule has 112 valence electrons. The summed E-state index contributed by atoms with van der Waals surface area (Å²) in [6, 6.07) is 11.3. The number of halogens is 1. The molecule has 0 radical (unpaired) electrons. The number of fused-ring (bicyclic) bond motifs is 1. The van der Waals surface area contributed by atoms with E-state index < -0.39 is 0 Å². The van der Waals surface area contributed by atoms with Gasteiger partial charge in [0.1, 0.15) is 11.5 Å². The van der Waals surface area contributed by atoms with E-state index in [0.717, 1.165) is 21.3 Å². The van der Waals surface area contributed by atoms with Crippen LogP contribution in [0.4, 0.5) is 0 Å². The van der Waals surface area contributed by atoms with Crippen molar-refractivity contribution in [1.82, 2.24) is 0 Å². The molecule has 1 aliphatic heterocycles. The smallest absolute Gasteiger partial charge is 0.231 e. The lowest BCUT2D eigenvalue weighted by Gasteiger charge is -2.09. The van der Waals surface area contributed by atoms with E-state index in [-0.39, 0.29) is 5.78 Å². The second-order valence-corrected chi connectivity index (χ2v) is 5.91. The van der Waals surface area contributed by atoms with Crippen molar-refractivity contribution in [2.45, 2.75) is 13.8 Å². The maximum Gasteiger partial charge on any atom is 0.231 e. The van der Waals surface area contributed by atoms with Gasteiger partial charge in [0.25, 0.3) is 0 Å². The fourth-order valence-corrected chi connectivity index (χ4v) is 2.84. The van der Waals surface area contributed by atoms with E-state index >= 15 is 0 Å². The molecule has 0 unspecified atom stereocenters. The summed E-state index contributed by atoms with van der Waals surface area (Å²) >= 11 is 3.42. The maximum absolute atomic E-state index is 12.5. The van der Waals surface area contributed by atoms with Crippen LogP contribution >= 0.6 is 15.9 Å². The normalized spacial score (nSPS) is 14.9. The summed E-state index contributed by atoms with van der Waals surface area (Å²) in [4.78, 5) is 12.5. The Kier molecular flexibility index (Phi) is 4.03. The van der Waals surface area contributed by atoms with Gasteiger partial charge in [0.05, 0.1) is 12.2 Å². The van der Waals surface area contributed by atoms with Crippen molar-refractivity contribution in [1.29, 1.82) is 0 Å². The monoisotopic (exact) mass is 358 g/mol. The van der Waals surface area contributed by atoms with Crippen molar-refractivity contribution in [3.8, 4) is 11.5 Å². The minimum absolute atomic E-state index is 0.0962. The van der Waals surface area contributed by atoms with E-state index in [4.69, 9.17) is 9.47 Å². The van der Waals surface area contributed by atoms with Gasteiger partial charge < -0.3 is 9.47 Å². The lowest BCUT2D eigenvalue weighted by Crippen LogP contribution is -1.97. The molecule has 2 aromatic rings. The minimum Gasteiger partial charge on any atom is -0.493 e. The fourth-order valence-electron chi connectivity index (χ4n) is 2.43. The largest absolute Gasteiger partial charge is 0.493 e. The Bertz CT molecular complexity index is 778. The van der Waals surface area contributed by atoms with Gasteiger partial charge in [0, 0.05) is 10.0 Å². The highest BCUT2D eigenvalue weighted by atomic mass is 79.9. The number of hydrogen-bond acceptors (Lipinski definition) is 3. The molecule has 0 saturated carbocycles. The summed E-state index contributed by atoms with van der Waals surface area (Å²) in [6.45, 7) is 4.41. The predicted octanol–water partition coefficient (Wildman–Crippen LogP) is 4.77. The highest BCUT2D eigenvalue weighted by Crippen LogP contribution is 2.39. The molecule has 0 aliphatic carbocycles. The molecule has 0 saturated heterocycles. The van der Waals surface area contributed by atoms with Crippen LogP contribution in [-0.2, 0) is 0 Å². The van der Waals surface area contributed by atoms with Gasteiger partial charge in [-0.25, -0.2) is 0 Å². The van der Waals surface area contributed by atoms with Crippen LogP contribution in [0, 0.1) is 6.92 Å². The number of Topliss-reactive ketones (excluding diaryl/α,β-unsaturated/α-hetero) is 1. The predicted molar refractivity (Wildman–Crippen MR) is 89.4 cm³/mol. The molecule has 0 amide bonds. The second-order valence-electron chi connectivity index (χ2n) is 4.99. The Morgan fingerprint density at radius 2 is 2.09 bits per heavy atom. The molecule has 0 atom stereocenters. The van der Waals surface area contributed by atoms with Crippen molar-refractivity contribution in [3.63, 3.8) is 0 Å². The van der Waals surface area contributed by atoms with Gasteiger partial charge in [-0.15, -0.1) is 0 Å². The minimum atomic E-state index is -0.0962. The molecule has 0 aromatic heterocycles. The average molecular weight is 359 g/mol. The molecule has 0 bridgehead atoms.